The van der Waals surface area contributed by atoms with Crippen LogP contribution < -0.4 is 0 Å². The van der Waals surface area contributed by atoms with Gasteiger partial charge in [0.25, 0.3) is 0 Å². The van der Waals surface area contributed by atoms with Gasteiger partial charge in [0.1, 0.15) is 11.4 Å². The number of halogens is 2. The van der Waals surface area contributed by atoms with Crippen LogP contribution >= 0.6 is 15.9 Å². The van der Waals surface area contributed by atoms with Crippen molar-refractivity contribution >= 4 is 22.0 Å². The number of benzene rings is 1. The second-order valence-electron chi connectivity index (χ2n) is 3.84. The van der Waals surface area contributed by atoms with Gasteiger partial charge in [0, 0.05) is 5.56 Å². The van der Waals surface area contributed by atoms with Crippen LogP contribution in [0, 0.1) is 12.7 Å². The van der Waals surface area contributed by atoms with Gasteiger partial charge in [0.2, 0.25) is 6.08 Å². The molecular weight excluding hydrogens is 261 g/mol. The lowest BCUT2D eigenvalue weighted by Crippen LogP contribution is -2.06. The third-order valence-corrected chi connectivity index (χ3v) is 3.23. The summed E-state index contributed by atoms with van der Waals surface area (Å²) in [6.45, 7) is 1.88. The van der Waals surface area contributed by atoms with Crippen LogP contribution in [-0.4, -0.2) is 6.08 Å². The molecule has 1 aliphatic rings. The van der Waals surface area contributed by atoms with Crippen molar-refractivity contribution in [3.63, 3.8) is 0 Å². The summed E-state index contributed by atoms with van der Waals surface area (Å²) in [5, 5.41) is 0. The number of isocyanates is 1. The van der Waals surface area contributed by atoms with Crippen molar-refractivity contribution in [3.8, 4) is 0 Å². The Morgan fingerprint density at radius 3 is 2.73 bits per heavy atom. The molecule has 0 radical (unpaired) electrons. The Morgan fingerprint density at radius 1 is 1.53 bits per heavy atom. The maximum atomic E-state index is 13.8. The molecule has 0 aliphatic heterocycles. The number of hydrogen-bond acceptors (Lipinski definition) is 2. The first kappa shape index (κ1) is 10.5. The van der Waals surface area contributed by atoms with Crippen molar-refractivity contribution in [2.24, 2.45) is 4.99 Å². The van der Waals surface area contributed by atoms with Crippen LogP contribution in [0.15, 0.2) is 21.6 Å². The second-order valence-corrected chi connectivity index (χ2v) is 4.70. The van der Waals surface area contributed by atoms with Gasteiger partial charge in [-0.2, -0.15) is 4.99 Å². The summed E-state index contributed by atoms with van der Waals surface area (Å²) in [6, 6.07) is 3.45. The van der Waals surface area contributed by atoms with Gasteiger partial charge in [0.15, 0.2) is 0 Å². The van der Waals surface area contributed by atoms with Gasteiger partial charge in [-0.1, -0.05) is 6.07 Å². The third-order valence-electron chi connectivity index (χ3n) is 2.66. The highest BCUT2D eigenvalue weighted by Crippen LogP contribution is 2.51. The van der Waals surface area contributed by atoms with Gasteiger partial charge < -0.3 is 0 Å². The first-order valence-electron chi connectivity index (χ1n) is 4.64. The van der Waals surface area contributed by atoms with Gasteiger partial charge in [0.05, 0.1) is 4.47 Å². The van der Waals surface area contributed by atoms with E-state index in [1.807, 2.05) is 6.92 Å². The molecule has 1 aromatic carbocycles. The zero-order valence-corrected chi connectivity index (χ0v) is 9.77. The van der Waals surface area contributed by atoms with E-state index in [2.05, 4.69) is 20.9 Å². The molecule has 1 fully saturated rings. The number of carbonyl (C=O) groups excluding carboxylic acids is 1. The van der Waals surface area contributed by atoms with E-state index < -0.39 is 5.54 Å². The Bertz CT molecular complexity index is 462. The molecule has 78 valence electrons. The number of aryl methyl sites for hydroxylation is 1. The predicted octanol–water partition coefficient (Wildman–Crippen LogP) is 3.22. The van der Waals surface area contributed by atoms with E-state index in [-0.39, 0.29) is 5.82 Å². The summed E-state index contributed by atoms with van der Waals surface area (Å²) in [4.78, 5) is 14.0. The van der Waals surface area contributed by atoms with Crippen molar-refractivity contribution in [1.82, 2.24) is 0 Å². The number of hydrogen-bond donors (Lipinski definition) is 0. The van der Waals surface area contributed by atoms with Crippen molar-refractivity contribution in [2.75, 3.05) is 0 Å². The lowest BCUT2D eigenvalue weighted by Gasteiger charge is -2.11. The molecule has 2 rings (SSSR count). The Balaban J connectivity index is 2.57. The molecule has 4 heteroatoms. The smallest absolute Gasteiger partial charge is 0.211 e. The normalized spacial score (nSPS) is 17.0. The van der Waals surface area contributed by atoms with E-state index in [0.717, 1.165) is 18.4 Å². The first-order valence-corrected chi connectivity index (χ1v) is 5.43. The van der Waals surface area contributed by atoms with E-state index in [0.29, 0.717) is 10.0 Å². The summed E-state index contributed by atoms with van der Waals surface area (Å²) in [5.41, 5.74) is 0.809. The Labute approximate surface area is 95.3 Å². The number of aliphatic imine (C=N–C) groups is 1. The average Bonchev–Trinajstić information content (AvgIpc) is 2.93. The van der Waals surface area contributed by atoms with Gasteiger partial charge in [-0.15, -0.1) is 0 Å². The van der Waals surface area contributed by atoms with E-state index in [1.165, 1.54) is 6.08 Å². The molecule has 0 bridgehead atoms. The third kappa shape index (κ3) is 1.75. The lowest BCUT2D eigenvalue weighted by molar-refractivity contribution is 0.546. The summed E-state index contributed by atoms with van der Waals surface area (Å²) < 4.78 is 14.2. The minimum Gasteiger partial charge on any atom is -0.211 e. The topological polar surface area (TPSA) is 29.4 Å². The van der Waals surface area contributed by atoms with Crippen molar-refractivity contribution in [1.29, 1.82) is 0 Å². The molecule has 1 saturated carbocycles. The van der Waals surface area contributed by atoms with Crippen LogP contribution in [0.5, 0.6) is 0 Å². The van der Waals surface area contributed by atoms with Crippen LogP contribution in [0.4, 0.5) is 4.39 Å². The molecule has 0 N–H and O–H groups in total. The summed E-state index contributed by atoms with van der Waals surface area (Å²) in [7, 11) is 0. The predicted molar refractivity (Wildman–Crippen MR) is 57.9 cm³/mol. The molecule has 15 heavy (non-hydrogen) atoms. The molecule has 0 heterocycles. The average molecular weight is 270 g/mol. The number of rotatable bonds is 2. The van der Waals surface area contributed by atoms with E-state index in [1.54, 1.807) is 12.1 Å². The maximum absolute atomic E-state index is 13.8. The monoisotopic (exact) mass is 269 g/mol. The maximum Gasteiger partial charge on any atom is 0.235 e. The fourth-order valence-corrected chi connectivity index (χ4v) is 2.29. The van der Waals surface area contributed by atoms with Gasteiger partial charge in [-0.05, 0) is 47.3 Å². The summed E-state index contributed by atoms with van der Waals surface area (Å²) in [5.74, 6) is -0.322. The molecule has 1 aromatic rings. The standard InChI is InChI=1S/C11H9BrFNO/c1-7-4-8(10(13)9(12)5-7)11(2-3-11)14-6-15/h4-5H,2-3H2,1H3. The van der Waals surface area contributed by atoms with Crippen LogP contribution in [0.25, 0.3) is 0 Å². The Morgan fingerprint density at radius 2 is 2.20 bits per heavy atom. The highest BCUT2D eigenvalue weighted by atomic mass is 79.9. The Hall–Kier alpha value is -0.990. The Kier molecular flexibility index (Phi) is 2.49. The fourth-order valence-electron chi connectivity index (χ4n) is 1.71. The minimum absolute atomic E-state index is 0.322. The van der Waals surface area contributed by atoms with Crippen LogP contribution in [0.1, 0.15) is 24.0 Å². The van der Waals surface area contributed by atoms with Gasteiger partial charge >= 0.3 is 0 Å². The number of nitrogens with zero attached hydrogens (tertiary/aromatic N) is 1. The molecule has 0 spiro atoms. The fraction of sp³-hybridized carbons (Fsp3) is 0.364. The summed E-state index contributed by atoms with van der Waals surface area (Å²) in [6.07, 6.45) is 2.96. The van der Waals surface area contributed by atoms with Gasteiger partial charge in [-0.3, -0.25) is 0 Å². The molecule has 0 amide bonds. The largest absolute Gasteiger partial charge is 0.235 e. The molecule has 0 atom stereocenters. The molecular formula is C11H9BrFNO. The van der Waals surface area contributed by atoms with E-state index in [9.17, 15) is 9.18 Å². The van der Waals surface area contributed by atoms with E-state index in [4.69, 9.17) is 0 Å². The quantitative estimate of drug-likeness (QED) is 0.599. The van der Waals surface area contributed by atoms with E-state index >= 15 is 0 Å². The lowest BCUT2D eigenvalue weighted by atomic mass is 10.0. The zero-order chi connectivity index (χ0) is 11.1. The van der Waals surface area contributed by atoms with Crippen LogP contribution in [0.3, 0.4) is 0 Å². The molecule has 1 aliphatic carbocycles. The van der Waals surface area contributed by atoms with Crippen molar-refractivity contribution in [3.05, 3.63) is 33.5 Å². The molecule has 0 unspecified atom stereocenters. The highest BCUT2D eigenvalue weighted by molar-refractivity contribution is 9.10. The molecule has 2 nitrogen and oxygen atoms in total. The van der Waals surface area contributed by atoms with Crippen LogP contribution in [-0.2, 0) is 10.3 Å². The second kappa shape index (κ2) is 3.54. The van der Waals surface area contributed by atoms with Gasteiger partial charge in [-0.25, -0.2) is 9.18 Å². The van der Waals surface area contributed by atoms with Crippen LogP contribution in [0.2, 0.25) is 0 Å². The molecule has 0 saturated heterocycles. The summed E-state index contributed by atoms with van der Waals surface area (Å²) >= 11 is 3.15. The van der Waals surface area contributed by atoms with Crippen molar-refractivity contribution in [2.45, 2.75) is 25.3 Å². The molecule has 0 aromatic heterocycles. The minimum atomic E-state index is -0.639. The van der Waals surface area contributed by atoms with Crippen molar-refractivity contribution < 1.29 is 9.18 Å². The highest BCUT2D eigenvalue weighted by Gasteiger charge is 2.47. The SMILES string of the molecule is Cc1cc(Br)c(F)c(C2(N=C=O)CC2)c1. The zero-order valence-electron chi connectivity index (χ0n) is 8.18. The first-order chi connectivity index (χ1) is 7.09.